The number of hydrogen-bond acceptors (Lipinski definition) is 6. The summed E-state index contributed by atoms with van der Waals surface area (Å²) in [5.74, 6) is 2.29. The minimum absolute atomic E-state index is 0.0246. The van der Waals surface area contributed by atoms with E-state index in [1.165, 1.54) is 0 Å². The zero-order valence-corrected chi connectivity index (χ0v) is 17.9. The molecule has 0 spiro atoms. The number of ether oxygens (including phenoxy) is 1. The van der Waals surface area contributed by atoms with Crippen LogP contribution in [0.4, 0.5) is 0 Å². The lowest BCUT2D eigenvalue weighted by molar-refractivity contribution is 0.0625. The van der Waals surface area contributed by atoms with Crippen LogP contribution in [0.25, 0.3) is 5.65 Å². The first-order valence-corrected chi connectivity index (χ1v) is 10.7. The molecule has 9 nitrogen and oxygen atoms in total. The fraction of sp³-hybridized carbons (Fsp3) is 0.304. The fourth-order valence-electron chi connectivity index (χ4n) is 3.88. The SMILES string of the molecule is Cc1nc(CN2CCN(C(=O)c3cccc(OCc4cn5ccccc5n4)c3)CC2)n[nH]1. The number of benzene rings is 1. The third-order valence-corrected chi connectivity index (χ3v) is 5.55. The van der Waals surface area contributed by atoms with E-state index in [9.17, 15) is 4.79 Å². The molecule has 4 aromatic rings. The molecular formula is C23H25N7O2. The summed E-state index contributed by atoms with van der Waals surface area (Å²) < 4.78 is 7.87. The molecule has 0 saturated carbocycles. The molecule has 1 aliphatic heterocycles. The van der Waals surface area contributed by atoms with Gasteiger partial charge in [0.25, 0.3) is 5.91 Å². The Bertz CT molecular complexity index is 1190. The molecule has 5 rings (SSSR count). The first kappa shape index (κ1) is 20.2. The molecule has 32 heavy (non-hydrogen) atoms. The summed E-state index contributed by atoms with van der Waals surface area (Å²) in [7, 11) is 0. The number of amides is 1. The van der Waals surface area contributed by atoms with Gasteiger partial charge in [0.2, 0.25) is 0 Å². The predicted molar refractivity (Wildman–Crippen MR) is 118 cm³/mol. The Balaban J connectivity index is 1.17. The number of nitrogens with zero attached hydrogens (tertiary/aromatic N) is 6. The van der Waals surface area contributed by atoms with Gasteiger partial charge < -0.3 is 14.0 Å². The van der Waals surface area contributed by atoms with Crippen LogP contribution < -0.4 is 4.74 Å². The lowest BCUT2D eigenvalue weighted by Gasteiger charge is -2.34. The largest absolute Gasteiger partial charge is 0.487 e. The van der Waals surface area contributed by atoms with Crippen molar-refractivity contribution in [3.8, 4) is 5.75 Å². The molecule has 1 amide bonds. The molecule has 1 aromatic carbocycles. The molecule has 1 N–H and O–H groups in total. The molecule has 4 heterocycles. The van der Waals surface area contributed by atoms with E-state index < -0.39 is 0 Å². The van der Waals surface area contributed by atoms with Crippen molar-refractivity contribution in [1.29, 1.82) is 0 Å². The average Bonchev–Trinajstić information content (AvgIpc) is 3.43. The summed E-state index contributed by atoms with van der Waals surface area (Å²) in [4.78, 5) is 26.1. The van der Waals surface area contributed by atoms with Crippen LogP contribution >= 0.6 is 0 Å². The van der Waals surface area contributed by atoms with Gasteiger partial charge in [-0.3, -0.25) is 14.8 Å². The molecule has 1 aliphatic rings. The number of carbonyl (C=O) groups excluding carboxylic acids is 1. The lowest BCUT2D eigenvalue weighted by atomic mass is 10.1. The number of aryl methyl sites for hydroxylation is 1. The van der Waals surface area contributed by atoms with Crippen LogP contribution in [0.15, 0.2) is 54.9 Å². The minimum Gasteiger partial charge on any atom is -0.487 e. The minimum atomic E-state index is 0.0246. The number of carbonyl (C=O) groups is 1. The Hall–Kier alpha value is -3.72. The number of hydrogen-bond donors (Lipinski definition) is 1. The molecular weight excluding hydrogens is 406 g/mol. The Morgan fingerprint density at radius 2 is 1.97 bits per heavy atom. The van der Waals surface area contributed by atoms with Crippen molar-refractivity contribution in [2.45, 2.75) is 20.1 Å². The van der Waals surface area contributed by atoms with Crippen molar-refractivity contribution in [3.05, 3.63) is 77.8 Å². The number of piperazine rings is 1. The Kier molecular flexibility index (Phi) is 5.55. The quantitative estimate of drug-likeness (QED) is 0.504. The first-order valence-electron chi connectivity index (χ1n) is 10.7. The molecule has 1 saturated heterocycles. The number of H-pyrrole nitrogens is 1. The number of aromatic amines is 1. The Morgan fingerprint density at radius 3 is 2.75 bits per heavy atom. The van der Waals surface area contributed by atoms with E-state index in [0.29, 0.717) is 37.6 Å². The molecule has 9 heteroatoms. The molecule has 1 fully saturated rings. The molecule has 0 atom stereocenters. The highest BCUT2D eigenvalue weighted by Gasteiger charge is 2.23. The number of aromatic nitrogens is 5. The van der Waals surface area contributed by atoms with Crippen molar-refractivity contribution < 1.29 is 9.53 Å². The maximum absolute atomic E-state index is 13.0. The van der Waals surface area contributed by atoms with Gasteiger partial charge in [-0.05, 0) is 37.3 Å². The molecule has 0 unspecified atom stereocenters. The first-order chi connectivity index (χ1) is 15.6. The third kappa shape index (κ3) is 4.47. The topological polar surface area (TPSA) is 91.7 Å². The number of rotatable bonds is 6. The summed E-state index contributed by atoms with van der Waals surface area (Å²) >= 11 is 0. The standard InChI is InChI=1S/C23H25N7O2/c1-17-24-21(27-26-17)15-28-9-11-29(12-10-28)23(31)18-5-4-6-20(13-18)32-16-19-14-30-8-3-2-7-22(30)25-19/h2-8,13-14H,9-12,15-16H2,1H3,(H,24,26,27). The highest BCUT2D eigenvalue weighted by molar-refractivity contribution is 5.94. The summed E-state index contributed by atoms with van der Waals surface area (Å²) in [5, 5.41) is 7.06. The molecule has 0 bridgehead atoms. The smallest absolute Gasteiger partial charge is 0.254 e. The van der Waals surface area contributed by atoms with Crippen molar-refractivity contribution in [1.82, 2.24) is 34.4 Å². The molecule has 0 radical (unpaired) electrons. The maximum atomic E-state index is 13.0. The Morgan fingerprint density at radius 1 is 1.09 bits per heavy atom. The maximum Gasteiger partial charge on any atom is 0.254 e. The lowest BCUT2D eigenvalue weighted by Crippen LogP contribution is -2.48. The van der Waals surface area contributed by atoms with Gasteiger partial charge in [0, 0.05) is 44.1 Å². The van der Waals surface area contributed by atoms with Crippen molar-refractivity contribution in [2.75, 3.05) is 26.2 Å². The second kappa shape index (κ2) is 8.80. The van der Waals surface area contributed by atoms with Crippen molar-refractivity contribution in [2.24, 2.45) is 0 Å². The van der Waals surface area contributed by atoms with Gasteiger partial charge in [0.1, 0.15) is 23.8 Å². The van der Waals surface area contributed by atoms with Crippen LogP contribution in [0, 0.1) is 6.92 Å². The van der Waals surface area contributed by atoms with E-state index in [0.717, 1.165) is 36.1 Å². The van der Waals surface area contributed by atoms with Crippen LogP contribution in [0.2, 0.25) is 0 Å². The van der Waals surface area contributed by atoms with Crippen LogP contribution in [0.1, 0.15) is 27.7 Å². The molecule has 3 aromatic heterocycles. The summed E-state index contributed by atoms with van der Waals surface area (Å²) in [6.07, 6.45) is 3.90. The molecule has 164 valence electrons. The predicted octanol–water partition coefficient (Wildman–Crippen LogP) is 2.30. The van der Waals surface area contributed by atoms with Gasteiger partial charge in [0.05, 0.1) is 12.2 Å². The normalized spacial score (nSPS) is 14.7. The van der Waals surface area contributed by atoms with Gasteiger partial charge in [-0.15, -0.1) is 0 Å². The number of imidazole rings is 1. The van der Waals surface area contributed by atoms with E-state index in [2.05, 4.69) is 25.1 Å². The van der Waals surface area contributed by atoms with Gasteiger partial charge in [-0.2, -0.15) is 5.10 Å². The van der Waals surface area contributed by atoms with Gasteiger partial charge in [0.15, 0.2) is 5.82 Å². The van der Waals surface area contributed by atoms with E-state index in [4.69, 9.17) is 4.74 Å². The van der Waals surface area contributed by atoms with Gasteiger partial charge >= 0.3 is 0 Å². The van der Waals surface area contributed by atoms with Crippen LogP contribution in [-0.4, -0.2) is 66.5 Å². The van der Waals surface area contributed by atoms with Gasteiger partial charge in [-0.25, -0.2) is 9.97 Å². The summed E-state index contributed by atoms with van der Waals surface area (Å²) in [6, 6.07) is 13.2. The highest BCUT2D eigenvalue weighted by atomic mass is 16.5. The average molecular weight is 432 g/mol. The van der Waals surface area contributed by atoms with Crippen LogP contribution in [0.3, 0.4) is 0 Å². The number of pyridine rings is 1. The van der Waals surface area contributed by atoms with E-state index in [1.807, 2.05) is 65.0 Å². The third-order valence-electron chi connectivity index (χ3n) is 5.55. The molecule has 0 aliphatic carbocycles. The second-order valence-electron chi connectivity index (χ2n) is 7.92. The van der Waals surface area contributed by atoms with Crippen LogP contribution in [-0.2, 0) is 13.2 Å². The zero-order chi connectivity index (χ0) is 21.9. The monoisotopic (exact) mass is 431 g/mol. The Labute approximate surface area is 185 Å². The summed E-state index contributed by atoms with van der Waals surface area (Å²) in [5.41, 5.74) is 2.36. The zero-order valence-electron chi connectivity index (χ0n) is 17.9. The van der Waals surface area contributed by atoms with E-state index >= 15 is 0 Å². The number of nitrogens with one attached hydrogen (secondary N) is 1. The highest BCUT2D eigenvalue weighted by Crippen LogP contribution is 2.18. The van der Waals surface area contributed by atoms with E-state index in [1.54, 1.807) is 6.07 Å². The summed E-state index contributed by atoms with van der Waals surface area (Å²) in [6.45, 7) is 5.87. The fourth-order valence-corrected chi connectivity index (χ4v) is 3.88. The van der Waals surface area contributed by atoms with E-state index in [-0.39, 0.29) is 5.91 Å². The van der Waals surface area contributed by atoms with Crippen molar-refractivity contribution in [3.63, 3.8) is 0 Å². The van der Waals surface area contributed by atoms with Crippen LogP contribution in [0.5, 0.6) is 5.75 Å². The number of fused-ring (bicyclic) bond motifs is 1. The van der Waals surface area contributed by atoms with Crippen molar-refractivity contribution >= 4 is 11.6 Å². The van der Waals surface area contributed by atoms with Gasteiger partial charge in [-0.1, -0.05) is 12.1 Å². The second-order valence-corrected chi connectivity index (χ2v) is 7.92.